The molecule has 0 bridgehead atoms. The molecule has 0 amide bonds. The van der Waals surface area contributed by atoms with Crippen LogP contribution in [0.25, 0.3) is 0 Å². The van der Waals surface area contributed by atoms with Crippen LogP contribution < -0.4 is 20.1 Å². The Morgan fingerprint density at radius 3 is 2.43 bits per heavy atom. The van der Waals surface area contributed by atoms with Gasteiger partial charge in [0.2, 0.25) is 0 Å². The summed E-state index contributed by atoms with van der Waals surface area (Å²) in [5, 5.41) is 6.93. The standard InChI is InChI=1S/C22H38N4O3.HI/c1-17(2)7-6-10-24-22(23-3)25-16-19(26-11-13-29-14-12-26)18-8-9-20(27-4)21(15-18)28-5;/h8-9,15,17,19H,6-7,10-14,16H2,1-5H3,(H2,23,24,25);1H. The van der Waals surface area contributed by atoms with Crippen molar-refractivity contribution in [3.63, 3.8) is 0 Å². The van der Waals surface area contributed by atoms with Crippen molar-refractivity contribution in [2.24, 2.45) is 10.9 Å². The summed E-state index contributed by atoms with van der Waals surface area (Å²) < 4.78 is 16.5. The van der Waals surface area contributed by atoms with Crippen molar-refractivity contribution in [1.29, 1.82) is 0 Å². The highest BCUT2D eigenvalue weighted by atomic mass is 127. The molecule has 2 rings (SSSR count). The van der Waals surface area contributed by atoms with E-state index in [1.807, 2.05) is 13.1 Å². The van der Waals surface area contributed by atoms with Crippen LogP contribution in [-0.4, -0.2) is 71.5 Å². The Balaban J connectivity index is 0.00000450. The summed E-state index contributed by atoms with van der Waals surface area (Å²) in [6.45, 7) is 9.50. The summed E-state index contributed by atoms with van der Waals surface area (Å²) in [7, 11) is 5.15. The Kier molecular flexibility index (Phi) is 13.1. The lowest BCUT2D eigenvalue weighted by Crippen LogP contribution is -2.46. The number of benzene rings is 1. The van der Waals surface area contributed by atoms with E-state index in [9.17, 15) is 0 Å². The average molecular weight is 534 g/mol. The van der Waals surface area contributed by atoms with Crippen molar-refractivity contribution >= 4 is 29.9 Å². The quantitative estimate of drug-likeness (QED) is 0.208. The van der Waals surface area contributed by atoms with Crippen LogP contribution in [-0.2, 0) is 4.74 Å². The van der Waals surface area contributed by atoms with Crippen molar-refractivity contribution < 1.29 is 14.2 Å². The van der Waals surface area contributed by atoms with Crippen LogP contribution in [0, 0.1) is 5.92 Å². The van der Waals surface area contributed by atoms with Crippen molar-refractivity contribution in [2.45, 2.75) is 32.7 Å². The van der Waals surface area contributed by atoms with E-state index < -0.39 is 0 Å². The number of ether oxygens (including phenoxy) is 3. The van der Waals surface area contributed by atoms with Crippen LogP contribution >= 0.6 is 24.0 Å². The molecule has 0 aliphatic carbocycles. The second-order valence-electron chi connectivity index (χ2n) is 7.69. The van der Waals surface area contributed by atoms with Gasteiger partial charge in [0, 0.05) is 33.2 Å². The fourth-order valence-electron chi connectivity index (χ4n) is 3.54. The summed E-state index contributed by atoms with van der Waals surface area (Å²) >= 11 is 0. The van der Waals surface area contributed by atoms with Crippen LogP contribution in [0.5, 0.6) is 11.5 Å². The molecule has 2 N–H and O–H groups in total. The van der Waals surface area contributed by atoms with Gasteiger partial charge in [-0.15, -0.1) is 24.0 Å². The monoisotopic (exact) mass is 534 g/mol. The van der Waals surface area contributed by atoms with Crippen LogP contribution in [0.15, 0.2) is 23.2 Å². The van der Waals surface area contributed by atoms with Crippen molar-refractivity contribution in [2.75, 3.05) is 60.7 Å². The highest BCUT2D eigenvalue weighted by molar-refractivity contribution is 14.0. The van der Waals surface area contributed by atoms with Gasteiger partial charge in [0.15, 0.2) is 17.5 Å². The molecule has 1 aromatic carbocycles. The zero-order valence-corrected chi connectivity index (χ0v) is 21.4. The average Bonchev–Trinajstić information content (AvgIpc) is 2.75. The van der Waals surface area contributed by atoms with Crippen LogP contribution in [0.3, 0.4) is 0 Å². The third-order valence-corrected chi connectivity index (χ3v) is 5.22. The van der Waals surface area contributed by atoms with Crippen molar-refractivity contribution in [3.8, 4) is 11.5 Å². The summed E-state index contributed by atoms with van der Waals surface area (Å²) in [4.78, 5) is 6.83. The maximum absolute atomic E-state index is 5.56. The molecule has 0 radical (unpaired) electrons. The molecule has 1 aliphatic heterocycles. The molecule has 0 spiro atoms. The van der Waals surface area contributed by atoms with E-state index >= 15 is 0 Å². The minimum absolute atomic E-state index is 0. The zero-order valence-electron chi connectivity index (χ0n) is 19.1. The molecule has 1 fully saturated rings. The van der Waals surface area contributed by atoms with Crippen LogP contribution in [0.4, 0.5) is 0 Å². The number of hydrogen-bond donors (Lipinski definition) is 2. The van der Waals surface area contributed by atoms with E-state index in [0.717, 1.165) is 69.2 Å². The van der Waals surface area contributed by atoms with E-state index in [1.54, 1.807) is 14.2 Å². The molecular formula is C22H39IN4O3. The van der Waals surface area contributed by atoms with Crippen LogP contribution in [0.2, 0.25) is 0 Å². The van der Waals surface area contributed by atoms with E-state index in [0.29, 0.717) is 0 Å². The first kappa shape index (κ1) is 26.8. The molecule has 1 saturated heterocycles. The first-order valence-corrected chi connectivity index (χ1v) is 10.6. The van der Waals surface area contributed by atoms with E-state index in [-0.39, 0.29) is 30.0 Å². The van der Waals surface area contributed by atoms with Gasteiger partial charge < -0.3 is 24.8 Å². The fourth-order valence-corrected chi connectivity index (χ4v) is 3.54. The summed E-state index contributed by atoms with van der Waals surface area (Å²) in [5.74, 6) is 3.06. The summed E-state index contributed by atoms with van der Waals surface area (Å²) in [6, 6.07) is 6.34. The Morgan fingerprint density at radius 1 is 1.13 bits per heavy atom. The third kappa shape index (κ3) is 8.47. The minimum atomic E-state index is 0. The number of nitrogens with one attached hydrogen (secondary N) is 2. The number of aliphatic imine (C=N–C) groups is 1. The van der Waals surface area contributed by atoms with Gasteiger partial charge in [-0.25, -0.2) is 0 Å². The number of nitrogens with zero attached hydrogens (tertiary/aromatic N) is 2. The Hall–Kier alpha value is -1.26. The minimum Gasteiger partial charge on any atom is -0.493 e. The predicted octanol–water partition coefficient (Wildman–Crippen LogP) is 3.30. The Labute approximate surface area is 199 Å². The summed E-state index contributed by atoms with van der Waals surface area (Å²) in [5.41, 5.74) is 1.19. The van der Waals surface area contributed by atoms with Gasteiger partial charge in [-0.1, -0.05) is 19.9 Å². The number of morpholine rings is 1. The lowest BCUT2D eigenvalue weighted by molar-refractivity contribution is 0.0169. The Bertz CT molecular complexity index is 637. The molecule has 1 aliphatic rings. The zero-order chi connectivity index (χ0) is 21.1. The third-order valence-electron chi connectivity index (χ3n) is 5.22. The molecule has 172 valence electrons. The van der Waals surface area contributed by atoms with Gasteiger partial charge in [0.1, 0.15) is 0 Å². The molecular weight excluding hydrogens is 495 g/mol. The summed E-state index contributed by atoms with van der Waals surface area (Å²) in [6.07, 6.45) is 2.35. The second-order valence-corrected chi connectivity index (χ2v) is 7.69. The SMILES string of the molecule is CN=C(NCCCC(C)C)NCC(c1ccc(OC)c(OC)c1)N1CCOCC1.I. The van der Waals surface area contributed by atoms with Gasteiger partial charge in [0.25, 0.3) is 0 Å². The van der Waals surface area contributed by atoms with E-state index in [2.05, 4.69) is 46.5 Å². The number of methoxy groups -OCH3 is 2. The fraction of sp³-hybridized carbons (Fsp3) is 0.682. The second kappa shape index (κ2) is 14.7. The van der Waals surface area contributed by atoms with Gasteiger partial charge in [0.05, 0.1) is 33.5 Å². The van der Waals surface area contributed by atoms with Gasteiger partial charge in [-0.3, -0.25) is 9.89 Å². The first-order valence-electron chi connectivity index (χ1n) is 10.6. The van der Waals surface area contributed by atoms with Crippen molar-refractivity contribution in [1.82, 2.24) is 15.5 Å². The number of guanidine groups is 1. The highest BCUT2D eigenvalue weighted by Crippen LogP contribution is 2.32. The number of halogens is 1. The van der Waals surface area contributed by atoms with Gasteiger partial charge in [-0.2, -0.15) is 0 Å². The van der Waals surface area contributed by atoms with E-state index in [4.69, 9.17) is 14.2 Å². The molecule has 7 nitrogen and oxygen atoms in total. The normalized spacial score (nSPS) is 16.0. The maximum Gasteiger partial charge on any atom is 0.191 e. The molecule has 0 saturated carbocycles. The molecule has 1 heterocycles. The lowest BCUT2D eigenvalue weighted by Gasteiger charge is -2.35. The number of hydrogen-bond acceptors (Lipinski definition) is 5. The van der Waals surface area contributed by atoms with Gasteiger partial charge >= 0.3 is 0 Å². The Morgan fingerprint density at radius 2 is 1.83 bits per heavy atom. The smallest absolute Gasteiger partial charge is 0.191 e. The molecule has 8 heteroatoms. The highest BCUT2D eigenvalue weighted by Gasteiger charge is 2.24. The topological polar surface area (TPSA) is 67.4 Å². The molecule has 30 heavy (non-hydrogen) atoms. The first-order chi connectivity index (χ1) is 14.1. The largest absolute Gasteiger partial charge is 0.493 e. The van der Waals surface area contributed by atoms with Gasteiger partial charge in [-0.05, 0) is 36.5 Å². The molecule has 1 aromatic rings. The number of rotatable bonds is 10. The molecule has 0 aromatic heterocycles. The lowest BCUT2D eigenvalue weighted by atomic mass is 10.0. The van der Waals surface area contributed by atoms with Crippen LogP contribution in [0.1, 0.15) is 38.3 Å². The predicted molar refractivity (Wildman–Crippen MR) is 134 cm³/mol. The van der Waals surface area contributed by atoms with Crippen molar-refractivity contribution in [3.05, 3.63) is 23.8 Å². The molecule has 1 atom stereocenters. The maximum atomic E-state index is 5.56. The molecule has 1 unspecified atom stereocenters. The van der Waals surface area contributed by atoms with E-state index in [1.165, 1.54) is 12.0 Å².